The molecule has 286 valence electrons. The van der Waals surface area contributed by atoms with Crippen molar-refractivity contribution in [1.29, 1.82) is 0 Å². The van der Waals surface area contributed by atoms with Crippen LogP contribution < -0.4 is 4.90 Å². The lowest BCUT2D eigenvalue weighted by molar-refractivity contribution is 0.669. The first-order chi connectivity index (χ1) is 30.2. The molecule has 2 heterocycles. The molecule has 0 aliphatic heterocycles. The van der Waals surface area contributed by atoms with Gasteiger partial charge in [-0.3, -0.25) is 0 Å². The lowest BCUT2D eigenvalue weighted by Crippen LogP contribution is -2.10. The third kappa shape index (κ3) is 5.90. The Labute approximate surface area is 353 Å². The van der Waals surface area contributed by atoms with Gasteiger partial charge in [0.25, 0.3) is 0 Å². The number of fused-ring (bicyclic) bond motifs is 8. The van der Waals surface area contributed by atoms with Crippen LogP contribution in [0, 0.1) is 0 Å². The van der Waals surface area contributed by atoms with E-state index in [-0.39, 0.29) is 0 Å². The van der Waals surface area contributed by atoms with Crippen molar-refractivity contribution < 1.29 is 4.42 Å². The van der Waals surface area contributed by atoms with E-state index in [1.807, 2.05) is 6.07 Å². The third-order valence-corrected chi connectivity index (χ3v) is 12.2. The summed E-state index contributed by atoms with van der Waals surface area (Å²) in [7, 11) is 0. The molecule has 2 aromatic heterocycles. The van der Waals surface area contributed by atoms with Crippen LogP contribution >= 0.6 is 0 Å². The second-order valence-electron chi connectivity index (χ2n) is 15.7. The Bertz CT molecular complexity index is 3550. The Balaban J connectivity index is 0.995. The molecule has 3 nitrogen and oxygen atoms in total. The van der Waals surface area contributed by atoms with E-state index >= 15 is 0 Å². The van der Waals surface area contributed by atoms with Gasteiger partial charge in [-0.2, -0.15) is 0 Å². The zero-order valence-electron chi connectivity index (χ0n) is 33.2. The highest BCUT2D eigenvalue weighted by Crippen LogP contribution is 2.46. The highest BCUT2D eigenvalue weighted by Gasteiger charge is 2.22. The van der Waals surface area contributed by atoms with Crippen LogP contribution in [-0.4, -0.2) is 4.57 Å². The minimum atomic E-state index is 0.867. The van der Waals surface area contributed by atoms with Gasteiger partial charge in [0.15, 0.2) is 5.58 Å². The van der Waals surface area contributed by atoms with Crippen LogP contribution in [0.25, 0.3) is 93.6 Å². The van der Waals surface area contributed by atoms with Crippen molar-refractivity contribution in [1.82, 2.24) is 4.57 Å². The van der Waals surface area contributed by atoms with Gasteiger partial charge in [0.2, 0.25) is 0 Å². The molecule has 10 aromatic carbocycles. The molecular weight excluding hydrogens is 741 g/mol. The molecule has 0 atom stereocenters. The van der Waals surface area contributed by atoms with Gasteiger partial charge in [0, 0.05) is 38.6 Å². The molecule has 12 aromatic rings. The average molecular weight is 779 g/mol. The maximum atomic E-state index is 6.80. The second-order valence-corrected chi connectivity index (χ2v) is 15.7. The van der Waals surface area contributed by atoms with E-state index in [0.717, 1.165) is 61.2 Å². The fraction of sp³-hybridized carbons (Fsp3) is 0. The molecule has 61 heavy (non-hydrogen) atoms. The molecule has 3 heteroatoms. The molecule has 0 aliphatic carbocycles. The predicted molar refractivity (Wildman–Crippen MR) is 257 cm³/mol. The summed E-state index contributed by atoms with van der Waals surface area (Å²) in [6.07, 6.45) is 0. The summed E-state index contributed by atoms with van der Waals surface area (Å²) in [6, 6.07) is 82.8. The topological polar surface area (TPSA) is 21.3 Å². The highest BCUT2D eigenvalue weighted by molar-refractivity contribution is 6.23. The Morgan fingerprint density at radius 2 is 0.836 bits per heavy atom. The number of aromatic nitrogens is 1. The first-order valence-corrected chi connectivity index (χ1v) is 20.8. The van der Waals surface area contributed by atoms with Crippen LogP contribution in [0.5, 0.6) is 0 Å². The Kier molecular flexibility index (Phi) is 8.17. The highest BCUT2D eigenvalue weighted by atomic mass is 16.3. The Morgan fingerprint density at radius 3 is 1.51 bits per heavy atom. The maximum absolute atomic E-state index is 6.80. The van der Waals surface area contributed by atoms with Gasteiger partial charge >= 0.3 is 0 Å². The Hall–Kier alpha value is -8.14. The van der Waals surface area contributed by atoms with E-state index in [1.54, 1.807) is 0 Å². The van der Waals surface area contributed by atoms with Crippen LogP contribution in [0.3, 0.4) is 0 Å². The standard InChI is InChI=1S/C58H38N2O/c1-3-13-39(14-4-1)41-23-30-46(31-24-41)59(55-38-45-17-7-8-18-49(45)57-52-20-10-12-22-56(52)61-58(55)57)47-32-27-43(28-33-47)44-29-36-51-50-19-9-11-21-53(50)60(54(51)37-44)48-34-25-42(26-35-48)40-15-5-2-6-16-40/h1-38H. The predicted octanol–water partition coefficient (Wildman–Crippen LogP) is 16.3. The largest absolute Gasteiger partial charge is 0.454 e. The molecular formula is C58H38N2O. The van der Waals surface area contributed by atoms with Crippen molar-refractivity contribution in [3.05, 3.63) is 231 Å². The SMILES string of the molecule is c1ccc(-c2ccc(N(c3ccc(-c4ccc5c6ccccc6n(-c6ccc(-c7ccccc7)cc6)c5c4)cc3)c3cc4ccccc4c4c3oc3ccccc34)cc2)cc1. The van der Waals surface area contributed by atoms with Gasteiger partial charge in [-0.05, 0) is 105 Å². The molecule has 0 bridgehead atoms. The number of benzene rings is 10. The summed E-state index contributed by atoms with van der Waals surface area (Å²) in [6.45, 7) is 0. The van der Waals surface area contributed by atoms with Crippen molar-refractivity contribution >= 4 is 71.6 Å². The van der Waals surface area contributed by atoms with Gasteiger partial charge < -0.3 is 13.9 Å². The van der Waals surface area contributed by atoms with E-state index in [4.69, 9.17) is 4.42 Å². The zero-order valence-corrected chi connectivity index (χ0v) is 33.2. The number of furan rings is 1. The first kappa shape index (κ1) is 34.9. The summed E-state index contributed by atoms with van der Waals surface area (Å²) in [5.74, 6) is 0. The molecule has 0 unspecified atom stereocenters. The van der Waals surface area contributed by atoms with Crippen molar-refractivity contribution in [3.8, 4) is 39.1 Å². The summed E-state index contributed by atoms with van der Waals surface area (Å²) in [5, 5.41) is 7.07. The summed E-state index contributed by atoms with van der Waals surface area (Å²) >= 11 is 0. The molecule has 0 N–H and O–H groups in total. The van der Waals surface area contributed by atoms with Gasteiger partial charge in [-0.1, -0.05) is 170 Å². The van der Waals surface area contributed by atoms with E-state index < -0.39 is 0 Å². The lowest BCUT2D eigenvalue weighted by atomic mass is 10.00. The molecule has 0 saturated carbocycles. The van der Waals surface area contributed by atoms with Crippen LogP contribution in [0.15, 0.2) is 235 Å². The first-order valence-electron chi connectivity index (χ1n) is 20.8. The van der Waals surface area contributed by atoms with Gasteiger partial charge in [-0.15, -0.1) is 0 Å². The number of anilines is 3. The van der Waals surface area contributed by atoms with E-state index in [1.165, 1.54) is 49.4 Å². The molecule has 0 spiro atoms. The smallest absolute Gasteiger partial charge is 0.160 e. The lowest BCUT2D eigenvalue weighted by Gasteiger charge is -2.26. The fourth-order valence-electron chi connectivity index (χ4n) is 9.25. The van der Waals surface area contributed by atoms with Crippen molar-refractivity contribution in [2.75, 3.05) is 4.90 Å². The van der Waals surface area contributed by atoms with Crippen LogP contribution in [0.2, 0.25) is 0 Å². The monoisotopic (exact) mass is 778 g/mol. The minimum absolute atomic E-state index is 0.867. The number of rotatable bonds is 7. The maximum Gasteiger partial charge on any atom is 0.160 e. The van der Waals surface area contributed by atoms with E-state index in [0.29, 0.717) is 0 Å². The quantitative estimate of drug-likeness (QED) is 0.161. The molecule has 12 rings (SSSR count). The van der Waals surface area contributed by atoms with Crippen LogP contribution in [0.1, 0.15) is 0 Å². The fourth-order valence-corrected chi connectivity index (χ4v) is 9.25. The average Bonchev–Trinajstić information content (AvgIpc) is 3.89. The number of para-hydroxylation sites is 2. The minimum Gasteiger partial charge on any atom is -0.454 e. The normalized spacial score (nSPS) is 11.6. The number of hydrogen-bond donors (Lipinski definition) is 0. The number of nitrogens with zero attached hydrogens (tertiary/aromatic N) is 2. The number of hydrogen-bond acceptors (Lipinski definition) is 2. The van der Waals surface area contributed by atoms with Crippen LogP contribution in [0.4, 0.5) is 17.1 Å². The van der Waals surface area contributed by atoms with Crippen molar-refractivity contribution in [3.63, 3.8) is 0 Å². The van der Waals surface area contributed by atoms with Crippen LogP contribution in [-0.2, 0) is 0 Å². The van der Waals surface area contributed by atoms with Gasteiger partial charge in [0.1, 0.15) is 5.58 Å². The van der Waals surface area contributed by atoms with E-state index in [9.17, 15) is 0 Å². The second kappa shape index (κ2) is 14.3. The molecule has 0 aliphatic rings. The molecule has 0 amide bonds. The summed E-state index contributed by atoms with van der Waals surface area (Å²) < 4.78 is 9.20. The molecule has 0 fully saturated rings. The summed E-state index contributed by atoms with van der Waals surface area (Å²) in [4.78, 5) is 2.34. The van der Waals surface area contributed by atoms with Crippen molar-refractivity contribution in [2.24, 2.45) is 0 Å². The molecule has 0 saturated heterocycles. The Morgan fingerprint density at radius 1 is 0.344 bits per heavy atom. The van der Waals surface area contributed by atoms with Gasteiger partial charge in [0.05, 0.1) is 16.7 Å². The van der Waals surface area contributed by atoms with E-state index in [2.05, 4.69) is 234 Å². The third-order valence-electron chi connectivity index (χ3n) is 12.2. The zero-order chi connectivity index (χ0) is 40.3. The van der Waals surface area contributed by atoms with Gasteiger partial charge in [-0.25, -0.2) is 0 Å². The van der Waals surface area contributed by atoms with Crippen molar-refractivity contribution in [2.45, 2.75) is 0 Å². The summed E-state index contributed by atoms with van der Waals surface area (Å²) in [5.41, 5.74) is 15.4. The molecule has 0 radical (unpaired) electrons.